The molecule has 28 heavy (non-hydrogen) atoms. The van der Waals surface area contributed by atoms with Crippen molar-refractivity contribution in [1.82, 2.24) is 5.01 Å². The third kappa shape index (κ3) is 3.51. The van der Waals surface area contributed by atoms with Gasteiger partial charge in [0.05, 0.1) is 26.0 Å². The number of thiophene rings is 1. The van der Waals surface area contributed by atoms with Crippen LogP contribution in [0.4, 0.5) is 0 Å². The zero-order valence-electron chi connectivity index (χ0n) is 15.7. The second-order valence-electron chi connectivity index (χ2n) is 6.40. The van der Waals surface area contributed by atoms with Gasteiger partial charge in [-0.25, -0.2) is 5.01 Å². The Morgan fingerprint density at radius 1 is 1.04 bits per heavy atom. The number of hydrogen-bond donors (Lipinski definition) is 0. The summed E-state index contributed by atoms with van der Waals surface area (Å²) in [4.78, 5) is 14.4. The Bertz CT molecular complexity index is 1010. The van der Waals surface area contributed by atoms with Crippen molar-refractivity contribution in [1.29, 1.82) is 0 Å². The predicted molar refractivity (Wildman–Crippen MR) is 110 cm³/mol. The van der Waals surface area contributed by atoms with Crippen LogP contribution >= 0.6 is 11.3 Å². The van der Waals surface area contributed by atoms with Crippen molar-refractivity contribution in [2.24, 2.45) is 5.10 Å². The first-order valence-corrected chi connectivity index (χ1v) is 9.80. The molecule has 0 N–H and O–H groups in total. The Morgan fingerprint density at radius 2 is 1.79 bits per heavy atom. The Morgan fingerprint density at radius 3 is 2.50 bits per heavy atom. The van der Waals surface area contributed by atoms with Crippen LogP contribution in [-0.2, 0) is 0 Å². The Hall–Kier alpha value is -3.12. The van der Waals surface area contributed by atoms with E-state index in [1.807, 2.05) is 53.9 Å². The highest BCUT2D eigenvalue weighted by Crippen LogP contribution is 2.36. The van der Waals surface area contributed by atoms with Crippen molar-refractivity contribution in [3.8, 4) is 11.5 Å². The predicted octanol–water partition coefficient (Wildman–Crippen LogP) is 4.76. The van der Waals surface area contributed by atoms with Crippen LogP contribution in [-0.4, -0.2) is 30.8 Å². The average molecular weight is 392 g/mol. The molecule has 3 aromatic rings. The second-order valence-corrected chi connectivity index (χ2v) is 7.37. The number of hydrazone groups is 1. The molecule has 1 atom stereocenters. The molecule has 1 aliphatic heterocycles. The van der Waals surface area contributed by atoms with Crippen LogP contribution in [0.15, 0.2) is 71.1 Å². The highest BCUT2D eigenvalue weighted by atomic mass is 32.1. The maximum Gasteiger partial charge on any atom is 0.274 e. The smallest absolute Gasteiger partial charge is 0.274 e. The van der Waals surface area contributed by atoms with Crippen LogP contribution in [0.1, 0.15) is 33.3 Å². The van der Waals surface area contributed by atoms with E-state index in [4.69, 9.17) is 14.6 Å². The number of ether oxygens (including phenoxy) is 2. The molecule has 0 saturated carbocycles. The van der Waals surface area contributed by atoms with E-state index in [-0.39, 0.29) is 11.9 Å². The molecule has 0 aliphatic carbocycles. The van der Waals surface area contributed by atoms with Gasteiger partial charge in [0, 0.05) is 22.4 Å². The zero-order chi connectivity index (χ0) is 19.5. The number of carbonyl (C=O) groups excluding carboxylic acids is 1. The minimum atomic E-state index is -0.143. The summed E-state index contributed by atoms with van der Waals surface area (Å²) in [5, 5.41) is 8.33. The van der Waals surface area contributed by atoms with Gasteiger partial charge in [0.15, 0.2) is 0 Å². The Labute approximate surface area is 167 Å². The van der Waals surface area contributed by atoms with Crippen LogP contribution in [0.5, 0.6) is 11.5 Å². The summed E-state index contributed by atoms with van der Waals surface area (Å²) in [6, 6.07) is 18.9. The van der Waals surface area contributed by atoms with Gasteiger partial charge in [-0.05, 0) is 41.8 Å². The monoisotopic (exact) mass is 392 g/mol. The van der Waals surface area contributed by atoms with Crippen molar-refractivity contribution in [2.75, 3.05) is 14.2 Å². The first kappa shape index (κ1) is 18.3. The number of rotatable bonds is 5. The molecular formula is C22H20N2O3S. The maximum absolute atomic E-state index is 13.3. The van der Waals surface area contributed by atoms with E-state index in [0.717, 1.165) is 21.9 Å². The molecule has 1 aliphatic rings. The van der Waals surface area contributed by atoms with Crippen molar-refractivity contribution in [3.05, 3.63) is 82.0 Å². The van der Waals surface area contributed by atoms with E-state index in [1.165, 1.54) is 0 Å². The molecule has 0 saturated heterocycles. The van der Waals surface area contributed by atoms with Crippen molar-refractivity contribution >= 4 is 23.0 Å². The second kappa shape index (κ2) is 7.86. The summed E-state index contributed by atoms with van der Waals surface area (Å²) in [7, 11) is 3.23. The quantitative estimate of drug-likeness (QED) is 0.629. The van der Waals surface area contributed by atoms with Crippen LogP contribution in [0.2, 0.25) is 0 Å². The normalized spacial score (nSPS) is 16.0. The van der Waals surface area contributed by atoms with Gasteiger partial charge in [0.25, 0.3) is 5.91 Å². The fraction of sp³-hybridized carbons (Fsp3) is 0.182. The molecule has 1 aromatic heterocycles. The SMILES string of the molecule is COc1cccc(C(=O)N2N=C(c3cccc(OC)c3)CC2c2cccs2)c1. The van der Waals surface area contributed by atoms with Crippen molar-refractivity contribution in [2.45, 2.75) is 12.5 Å². The number of benzene rings is 2. The summed E-state index contributed by atoms with van der Waals surface area (Å²) in [5.41, 5.74) is 2.38. The highest BCUT2D eigenvalue weighted by molar-refractivity contribution is 7.10. The van der Waals surface area contributed by atoms with Gasteiger partial charge < -0.3 is 9.47 Å². The minimum Gasteiger partial charge on any atom is -0.497 e. The number of carbonyl (C=O) groups is 1. The Kier molecular flexibility index (Phi) is 5.12. The molecule has 0 spiro atoms. The number of nitrogens with zero attached hydrogens (tertiary/aromatic N) is 2. The molecule has 0 fully saturated rings. The van der Waals surface area contributed by atoms with Gasteiger partial charge in [-0.15, -0.1) is 11.3 Å². The summed E-state index contributed by atoms with van der Waals surface area (Å²) in [6.45, 7) is 0. The lowest BCUT2D eigenvalue weighted by Crippen LogP contribution is -2.26. The molecule has 1 amide bonds. The molecule has 0 radical (unpaired) electrons. The molecule has 4 rings (SSSR count). The third-order valence-electron chi connectivity index (χ3n) is 4.71. The minimum absolute atomic E-state index is 0.125. The topological polar surface area (TPSA) is 51.1 Å². The van der Waals surface area contributed by atoms with E-state index in [2.05, 4.69) is 0 Å². The fourth-order valence-electron chi connectivity index (χ4n) is 3.27. The largest absolute Gasteiger partial charge is 0.497 e. The lowest BCUT2D eigenvalue weighted by Gasteiger charge is -2.20. The first-order chi connectivity index (χ1) is 13.7. The average Bonchev–Trinajstić information content (AvgIpc) is 3.43. The lowest BCUT2D eigenvalue weighted by molar-refractivity contribution is 0.0713. The molecule has 6 heteroatoms. The van der Waals surface area contributed by atoms with Crippen molar-refractivity contribution < 1.29 is 14.3 Å². The van der Waals surface area contributed by atoms with Crippen molar-refractivity contribution in [3.63, 3.8) is 0 Å². The molecular weight excluding hydrogens is 372 g/mol. The van der Waals surface area contributed by atoms with E-state index >= 15 is 0 Å². The van der Waals surface area contributed by atoms with E-state index in [1.54, 1.807) is 42.7 Å². The molecule has 142 valence electrons. The molecule has 2 heterocycles. The van der Waals surface area contributed by atoms with Gasteiger partial charge >= 0.3 is 0 Å². The van der Waals surface area contributed by atoms with E-state index in [9.17, 15) is 4.79 Å². The van der Waals surface area contributed by atoms with Gasteiger partial charge in [0.1, 0.15) is 11.5 Å². The fourth-order valence-corrected chi connectivity index (χ4v) is 4.08. The molecule has 2 aromatic carbocycles. The van der Waals surface area contributed by atoms with Crippen LogP contribution < -0.4 is 9.47 Å². The van der Waals surface area contributed by atoms with E-state index in [0.29, 0.717) is 17.7 Å². The maximum atomic E-state index is 13.3. The standard InChI is InChI=1S/C22H20N2O3S/c1-26-17-8-3-6-15(12-17)19-14-20(21-10-5-11-28-21)24(23-19)22(25)16-7-4-9-18(13-16)27-2/h3-13,20H,14H2,1-2H3. The zero-order valence-corrected chi connectivity index (χ0v) is 16.5. The van der Waals surface area contributed by atoms with Crippen LogP contribution in [0.25, 0.3) is 0 Å². The van der Waals surface area contributed by atoms with Gasteiger partial charge in [-0.1, -0.05) is 24.3 Å². The summed E-state index contributed by atoms with van der Waals surface area (Å²) in [6.07, 6.45) is 0.656. The summed E-state index contributed by atoms with van der Waals surface area (Å²) >= 11 is 1.63. The number of methoxy groups -OCH3 is 2. The first-order valence-electron chi connectivity index (χ1n) is 8.92. The van der Waals surface area contributed by atoms with Crippen LogP contribution in [0, 0.1) is 0 Å². The number of hydrogen-bond acceptors (Lipinski definition) is 5. The van der Waals surface area contributed by atoms with E-state index < -0.39 is 0 Å². The Balaban J connectivity index is 1.72. The summed E-state index contributed by atoms with van der Waals surface area (Å²) < 4.78 is 10.6. The molecule has 0 bridgehead atoms. The summed E-state index contributed by atoms with van der Waals surface area (Å²) in [5.74, 6) is 1.27. The molecule has 1 unspecified atom stereocenters. The third-order valence-corrected chi connectivity index (χ3v) is 5.68. The highest BCUT2D eigenvalue weighted by Gasteiger charge is 2.34. The molecule has 5 nitrogen and oxygen atoms in total. The van der Waals surface area contributed by atoms with Gasteiger partial charge in [-0.3, -0.25) is 4.79 Å². The lowest BCUT2D eigenvalue weighted by atomic mass is 10.0. The van der Waals surface area contributed by atoms with Crippen LogP contribution in [0.3, 0.4) is 0 Å². The van der Waals surface area contributed by atoms with Gasteiger partial charge in [-0.2, -0.15) is 5.10 Å². The van der Waals surface area contributed by atoms with Gasteiger partial charge in [0.2, 0.25) is 0 Å². The number of amides is 1.